The van der Waals surface area contributed by atoms with Crippen molar-refractivity contribution < 1.29 is 9.47 Å². The highest BCUT2D eigenvalue weighted by Crippen LogP contribution is 2.33. The van der Waals surface area contributed by atoms with Crippen LogP contribution in [0.2, 0.25) is 0 Å². The first-order valence-electron chi connectivity index (χ1n) is 6.48. The number of hydrogen-bond acceptors (Lipinski definition) is 6. The van der Waals surface area contributed by atoms with Crippen molar-refractivity contribution in [3.8, 4) is 23.4 Å². The summed E-state index contributed by atoms with van der Waals surface area (Å²) in [4.78, 5) is 8.51. The summed E-state index contributed by atoms with van der Waals surface area (Å²) < 4.78 is 11.0. The van der Waals surface area contributed by atoms with E-state index in [0.717, 1.165) is 0 Å². The second-order valence-corrected chi connectivity index (χ2v) is 4.39. The number of ether oxygens (including phenoxy) is 2. The molecule has 0 unspecified atom stereocenters. The number of rotatable bonds is 4. The molecule has 0 aliphatic carbocycles. The molecule has 2 aromatic rings. The van der Waals surface area contributed by atoms with Crippen LogP contribution in [-0.2, 0) is 6.42 Å². The Morgan fingerprint density at radius 3 is 2.67 bits per heavy atom. The van der Waals surface area contributed by atoms with E-state index < -0.39 is 0 Å². The number of nitrogens with two attached hydrogens (primary N) is 1. The van der Waals surface area contributed by atoms with E-state index >= 15 is 0 Å². The van der Waals surface area contributed by atoms with Crippen molar-refractivity contribution in [2.75, 3.05) is 12.8 Å². The van der Waals surface area contributed by atoms with Gasteiger partial charge in [-0.15, -0.1) is 0 Å². The minimum absolute atomic E-state index is 0.391. The van der Waals surface area contributed by atoms with Gasteiger partial charge in [-0.2, -0.15) is 10.2 Å². The normalized spacial score (nSPS) is 10.0. The van der Waals surface area contributed by atoms with Crippen molar-refractivity contribution >= 4 is 5.82 Å². The monoisotopic (exact) mass is 284 g/mol. The van der Waals surface area contributed by atoms with E-state index in [9.17, 15) is 0 Å². The van der Waals surface area contributed by atoms with Crippen LogP contribution in [-0.4, -0.2) is 17.1 Å². The second kappa shape index (κ2) is 6.09. The standard InChI is InChI=1S/C15H16N4O2/c1-4-13-18-14(17)9(2)15(19-13)21-11-6-5-10(8-16)7-12(11)20-3/h5-7H,4H2,1-3H3,(H2,17,18,19). The van der Waals surface area contributed by atoms with E-state index in [4.69, 9.17) is 20.5 Å². The molecule has 0 aliphatic heterocycles. The zero-order valence-electron chi connectivity index (χ0n) is 12.2. The summed E-state index contributed by atoms with van der Waals surface area (Å²) in [6.45, 7) is 3.73. The maximum absolute atomic E-state index is 8.90. The molecule has 1 aromatic heterocycles. The average molecular weight is 284 g/mol. The Labute approximate surface area is 123 Å². The maximum Gasteiger partial charge on any atom is 0.227 e. The fourth-order valence-electron chi connectivity index (χ4n) is 1.74. The van der Waals surface area contributed by atoms with Gasteiger partial charge < -0.3 is 15.2 Å². The van der Waals surface area contributed by atoms with Crippen LogP contribution in [0.4, 0.5) is 5.82 Å². The minimum atomic E-state index is 0.391. The van der Waals surface area contributed by atoms with E-state index in [1.54, 1.807) is 25.1 Å². The Morgan fingerprint density at radius 1 is 1.29 bits per heavy atom. The van der Waals surface area contributed by atoms with Gasteiger partial charge in [0.05, 0.1) is 24.3 Å². The van der Waals surface area contributed by atoms with E-state index in [1.165, 1.54) is 7.11 Å². The second-order valence-electron chi connectivity index (χ2n) is 4.39. The molecule has 108 valence electrons. The van der Waals surface area contributed by atoms with Gasteiger partial charge in [0.1, 0.15) is 11.6 Å². The fourth-order valence-corrected chi connectivity index (χ4v) is 1.74. The number of nitrogen functional groups attached to an aromatic ring is 1. The molecule has 0 amide bonds. The average Bonchev–Trinajstić information content (AvgIpc) is 2.51. The van der Waals surface area contributed by atoms with E-state index in [2.05, 4.69) is 16.0 Å². The number of aryl methyl sites for hydroxylation is 1. The van der Waals surface area contributed by atoms with Crippen molar-refractivity contribution in [3.05, 3.63) is 35.2 Å². The van der Waals surface area contributed by atoms with Gasteiger partial charge in [0.2, 0.25) is 5.88 Å². The van der Waals surface area contributed by atoms with Crippen LogP contribution in [0.5, 0.6) is 17.4 Å². The number of methoxy groups -OCH3 is 1. The van der Waals surface area contributed by atoms with Crippen molar-refractivity contribution in [2.45, 2.75) is 20.3 Å². The first kappa shape index (κ1) is 14.6. The molecule has 0 bridgehead atoms. The zero-order valence-corrected chi connectivity index (χ0v) is 12.2. The van der Waals surface area contributed by atoms with Crippen LogP contribution in [0.3, 0.4) is 0 Å². The summed E-state index contributed by atoms with van der Waals surface area (Å²) in [6.07, 6.45) is 0.658. The maximum atomic E-state index is 8.90. The lowest BCUT2D eigenvalue weighted by molar-refractivity contribution is 0.372. The number of nitrogens with zero attached hydrogens (tertiary/aromatic N) is 3. The largest absolute Gasteiger partial charge is 0.493 e. The molecule has 6 heteroatoms. The number of nitriles is 1. The van der Waals surface area contributed by atoms with Crippen LogP contribution in [0.1, 0.15) is 23.9 Å². The highest BCUT2D eigenvalue weighted by Gasteiger charge is 2.13. The third-order valence-electron chi connectivity index (χ3n) is 3.00. The molecule has 0 spiro atoms. The predicted octanol–water partition coefficient (Wildman–Crippen LogP) is 2.60. The van der Waals surface area contributed by atoms with Gasteiger partial charge in [0.15, 0.2) is 11.5 Å². The van der Waals surface area contributed by atoms with Gasteiger partial charge >= 0.3 is 0 Å². The first-order chi connectivity index (χ1) is 10.1. The van der Waals surface area contributed by atoms with Gasteiger partial charge in [-0.05, 0) is 19.1 Å². The van der Waals surface area contributed by atoms with Crippen molar-refractivity contribution in [1.29, 1.82) is 5.26 Å². The Balaban J connectivity index is 2.43. The summed E-state index contributed by atoms with van der Waals surface area (Å²) in [5.41, 5.74) is 7.02. The lowest BCUT2D eigenvalue weighted by Gasteiger charge is -2.13. The molecular formula is C15H16N4O2. The van der Waals surface area contributed by atoms with Crippen LogP contribution < -0.4 is 15.2 Å². The molecular weight excluding hydrogens is 268 g/mol. The van der Waals surface area contributed by atoms with Crippen LogP contribution in [0.15, 0.2) is 18.2 Å². The molecule has 0 radical (unpaired) electrons. The van der Waals surface area contributed by atoms with Crippen LogP contribution in [0.25, 0.3) is 0 Å². The van der Waals surface area contributed by atoms with Crippen LogP contribution >= 0.6 is 0 Å². The lowest BCUT2D eigenvalue weighted by Crippen LogP contribution is -2.04. The van der Waals surface area contributed by atoms with Crippen molar-refractivity contribution in [1.82, 2.24) is 9.97 Å². The van der Waals surface area contributed by atoms with E-state index in [1.807, 2.05) is 6.92 Å². The highest BCUT2D eigenvalue weighted by atomic mass is 16.5. The molecule has 0 atom stereocenters. The number of hydrogen-bond donors (Lipinski definition) is 1. The molecule has 0 saturated carbocycles. The Morgan fingerprint density at radius 2 is 2.05 bits per heavy atom. The molecule has 6 nitrogen and oxygen atoms in total. The molecule has 1 aromatic carbocycles. The smallest absolute Gasteiger partial charge is 0.227 e. The SMILES string of the molecule is CCc1nc(N)c(C)c(Oc2ccc(C#N)cc2OC)n1. The predicted molar refractivity (Wildman–Crippen MR) is 78.3 cm³/mol. The summed E-state index contributed by atoms with van der Waals surface area (Å²) in [5, 5.41) is 8.90. The molecule has 0 fully saturated rings. The summed E-state index contributed by atoms with van der Waals surface area (Å²) in [6, 6.07) is 6.98. The Kier molecular flexibility index (Phi) is 4.24. The summed E-state index contributed by atoms with van der Waals surface area (Å²) >= 11 is 0. The first-order valence-corrected chi connectivity index (χ1v) is 6.48. The molecule has 1 heterocycles. The van der Waals surface area contributed by atoms with E-state index in [0.29, 0.717) is 46.6 Å². The van der Waals surface area contributed by atoms with Gasteiger partial charge in [-0.3, -0.25) is 0 Å². The number of anilines is 1. The molecule has 2 N–H and O–H groups in total. The van der Waals surface area contributed by atoms with Crippen molar-refractivity contribution in [2.24, 2.45) is 0 Å². The van der Waals surface area contributed by atoms with Gasteiger partial charge in [-0.25, -0.2) is 4.98 Å². The third-order valence-corrected chi connectivity index (χ3v) is 3.00. The van der Waals surface area contributed by atoms with Gasteiger partial charge in [0.25, 0.3) is 0 Å². The van der Waals surface area contributed by atoms with Gasteiger partial charge in [-0.1, -0.05) is 6.92 Å². The van der Waals surface area contributed by atoms with Crippen LogP contribution in [0, 0.1) is 18.3 Å². The molecule has 2 rings (SSSR count). The quantitative estimate of drug-likeness (QED) is 0.927. The van der Waals surface area contributed by atoms with E-state index in [-0.39, 0.29) is 0 Å². The highest BCUT2D eigenvalue weighted by molar-refractivity contribution is 5.51. The number of aromatic nitrogens is 2. The third kappa shape index (κ3) is 3.03. The summed E-state index contributed by atoms with van der Waals surface area (Å²) in [5.74, 6) is 2.33. The van der Waals surface area contributed by atoms with Gasteiger partial charge in [0, 0.05) is 12.5 Å². The number of benzene rings is 1. The van der Waals surface area contributed by atoms with Crippen molar-refractivity contribution in [3.63, 3.8) is 0 Å². The Bertz CT molecular complexity index is 708. The molecule has 0 aliphatic rings. The molecule has 21 heavy (non-hydrogen) atoms. The topological polar surface area (TPSA) is 94.1 Å². The zero-order chi connectivity index (χ0) is 15.4. The molecule has 0 saturated heterocycles. The Hall–Kier alpha value is -2.81. The fraction of sp³-hybridized carbons (Fsp3) is 0.267. The lowest BCUT2D eigenvalue weighted by atomic mass is 10.2. The minimum Gasteiger partial charge on any atom is -0.493 e. The summed E-state index contributed by atoms with van der Waals surface area (Å²) in [7, 11) is 1.52.